The van der Waals surface area contributed by atoms with Gasteiger partial charge in [0.05, 0.1) is 11.0 Å². The first kappa shape index (κ1) is 26.0. The van der Waals surface area contributed by atoms with Gasteiger partial charge in [0.25, 0.3) is 5.91 Å². The summed E-state index contributed by atoms with van der Waals surface area (Å²) in [6.07, 6.45) is 14.1. The summed E-state index contributed by atoms with van der Waals surface area (Å²) in [7, 11) is 0. The number of aromatic nitrogens is 2. The molecule has 0 aliphatic rings. The zero-order chi connectivity index (χ0) is 24.2. The van der Waals surface area contributed by atoms with Gasteiger partial charge in [0, 0.05) is 25.1 Å². The lowest BCUT2D eigenvalue weighted by atomic mass is 10.1. The van der Waals surface area contributed by atoms with E-state index in [1.807, 2.05) is 32.0 Å². The Morgan fingerprint density at radius 3 is 2.26 bits per heavy atom. The highest BCUT2D eigenvalue weighted by Crippen LogP contribution is 2.18. The summed E-state index contributed by atoms with van der Waals surface area (Å²) in [5.74, 6) is 1.06. The Bertz CT molecular complexity index is 1040. The highest BCUT2D eigenvalue weighted by atomic mass is 16.1. The van der Waals surface area contributed by atoms with Gasteiger partial charge in [-0.25, -0.2) is 4.98 Å². The van der Waals surface area contributed by atoms with Crippen LogP contribution in [0.25, 0.3) is 11.0 Å². The molecular weight excluding hydrogens is 418 g/mol. The number of aryl methyl sites for hydroxylation is 3. The Labute approximate surface area is 206 Å². The summed E-state index contributed by atoms with van der Waals surface area (Å²) < 4.78 is 2.36. The summed E-state index contributed by atoms with van der Waals surface area (Å²) in [5, 5.41) is 3.10. The maximum absolute atomic E-state index is 12.7. The second-order valence-electron chi connectivity index (χ2n) is 9.67. The minimum Gasteiger partial charge on any atom is -0.352 e. The van der Waals surface area contributed by atoms with Gasteiger partial charge in [-0.3, -0.25) is 4.79 Å². The first-order valence-electron chi connectivity index (χ1n) is 13.4. The van der Waals surface area contributed by atoms with Crippen LogP contribution in [0, 0.1) is 13.8 Å². The number of imidazole rings is 1. The SMILES string of the molecule is CCCCCCCCCCCCn1c(CCNC(=O)c2ccc(C)cc2C)nc2ccccc21. The van der Waals surface area contributed by atoms with Crippen LogP contribution in [0.15, 0.2) is 42.5 Å². The maximum atomic E-state index is 12.7. The fourth-order valence-corrected chi connectivity index (χ4v) is 4.77. The van der Waals surface area contributed by atoms with Crippen molar-refractivity contribution in [3.63, 3.8) is 0 Å². The number of unbranched alkanes of at least 4 members (excludes halogenated alkanes) is 9. The zero-order valence-corrected chi connectivity index (χ0v) is 21.5. The smallest absolute Gasteiger partial charge is 0.251 e. The zero-order valence-electron chi connectivity index (χ0n) is 21.5. The van der Waals surface area contributed by atoms with E-state index in [2.05, 4.69) is 41.1 Å². The normalized spacial score (nSPS) is 11.3. The van der Waals surface area contributed by atoms with E-state index in [0.717, 1.165) is 35.4 Å². The molecule has 1 amide bonds. The average molecular weight is 462 g/mol. The first-order chi connectivity index (χ1) is 16.6. The molecule has 4 heteroatoms. The molecule has 0 fully saturated rings. The van der Waals surface area contributed by atoms with Gasteiger partial charge in [-0.05, 0) is 44.0 Å². The molecule has 0 bridgehead atoms. The highest BCUT2D eigenvalue weighted by molar-refractivity contribution is 5.95. The van der Waals surface area contributed by atoms with Crippen molar-refractivity contribution in [2.75, 3.05) is 6.54 Å². The molecule has 3 rings (SSSR count). The number of hydrogen-bond donors (Lipinski definition) is 1. The molecule has 34 heavy (non-hydrogen) atoms. The number of hydrogen-bond acceptors (Lipinski definition) is 2. The minimum absolute atomic E-state index is 0.00476. The number of carbonyl (C=O) groups excluding carboxylic acids is 1. The fourth-order valence-electron chi connectivity index (χ4n) is 4.77. The number of fused-ring (bicyclic) bond motifs is 1. The van der Waals surface area contributed by atoms with E-state index in [-0.39, 0.29) is 5.91 Å². The van der Waals surface area contributed by atoms with Crippen LogP contribution in [0.3, 0.4) is 0 Å². The summed E-state index contributed by atoms with van der Waals surface area (Å²) >= 11 is 0. The van der Waals surface area contributed by atoms with Crippen LogP contribution in [-0.2, 0) is 13.0 Å². The van der Waals surface area contributed by atoms with Crippen molar-refractivity contribution in [1.29, 1.82) is 0 Å². The summed E-state index contributed by atoms with van der Waals surface area (Å²) in [4.78, 5) is 17.5. The monoisotopic (exact) mass is 461 g/mol. The molecule has 1 aromatic heterocycles. The number of nitrogens with zero attached hydrogens (tertiary/aromatic N) is 2. The summed E-state index contributed by atoms with van der Waals surface area (Å²) in [6, 6.07) is 14.4. The molecule has 1 N–H and O–H groups in total. The number of nitrogens with one attached hydrogen (secondary N) is 1. The van der Waals surface area contributed by atoms with Crippen molar-refractivity contribution >= 4 is 16.9 Å². The van der Waals surface area contributed by atoms with Crippen LogP contribution in [-0.4, -0.2) is 22.0 Å². The first-order valence-corrected chi connectivity index (χ1v) is 13.4. The molecular formula is C30H43N3O. The lowest BCUT2D eigenvalue weighted by Gasteiger charge is -2.11. The van der Waals surface area contributed by atoms with E-state index in [0.29, 0.717) is 6.54 Å². The number of benzene rings is 2. The molecule has 0 aliphatic carbocycles. The quantitative estimate of drug-likeness (QED) is 0.238. The number of carbonyl (C=O) groups is 1. The van der Waals surface area contributed by atoms with Gasteiger partial charge in [0.1, 0.15) is 5.82 Å². The van der Waals surface area contributed by atoms with Crippen molar-refractivity contribution in [3.8, 4) is 0 Å². The summed E-state index contributed by atoms with van der Waals surface area (Å²) in [5.41, 5.74) is 5.20. The summed E-state index contributed by atoms with van der Waals surface area (Å²) in [6.45, 7) is 7.91. The van der Waals surface area contributed by atoms with Gasteiger partial charge in [0.2, 0.25) is 0 Å². The molecule has 1 heterocycles. The Kier molecular flexibility index (Phi) is 10.7. The van der Waals surface area contributed by atoms with Gasteiger partial charge in [-0.15, -0.1) is 0 Å². The molecule has 3 aromatic rings. The van der Waals surface area contributed by atoms with Crippen LogP contribution in [0.1, 0.15) is 98.4 Å². The Hall–Kier alpha value is -2.62. The highest BCUT2D eigenvalue weighted by Gasteiger charge is 2.12. The molecule has 0 atom stereocenters. The molecule has 0 unspecified atom stereocenters. The van der Waals surface area contributed by atoms with Crippen LogP contribution in [0.4, 0.5) is 0 Å². The van der Waals surface area contributed by atoms with Crippen LogP contribution in [0.2, 0.25) is 0 Å². The number of rotatable bonds is 15. The van der Waals surface area contributed by atoms with E-state index < -0.39 is 0 Å². The van der Waals surface area contributed by atoms with Gasteiger partial charge >= 0.3 is 0 Å². The van der Waals surface area contributed by atoms with Crippen LogP contribution in [0.5, 0.6) is 0 Å². The van der Waals surface area contributed by atoms with E-state index in [1.165, 1.54) is 75.3 Å². The predicted molar refractivity (Wildman–Crippen MR) is 144 cm³/mol. The van der Waals surface area contributed by atoms with Crippen molar-refractivity contribution < 1.29 is 4.79 Å². The topological polar surface area (TPSA) is 46.9 Å². The molecule has 0 saturated heterocycles. The third-order valence-electron chi connectivity index (χ3n) is 6.73. The second kappa shape index (κ2) is 13.9. The largest absolute Gasteiger partial charge is 0.352 e. The van der Waals surface area contributed by atoms with Crippen molar-refractivity contribution in [2.45, 2.75) is 97.9 Å². The van der Waals surface area contributed by atoms with E-state index in [4.69, 9.17) is 4.98 Å². The Morgan fingerprint density at radius 1 is 0.882 bits per heavy atom. The number of para-hydroxylation sites is 2. The van der Waals surface area contributed by atoms with E-state index in [9.17, 15) is 4.79 Å². The lowest BCUT2D eigenvalue weighted by Crippen LogP contribution is -2.27. The van der Waals surface area contributed by atoms with Crippen molar-refractivity contribution in [2.24, 2.45) is 0 Å². The predicted octanol–water partition coefficient (Wildman–Crippen LogP) is 7.55. The third kappa shape index (κ3) is 7.72. The van der Waals surface area contributed by atoms with E-state index in [1.54, 1.807) is 0 Å². The Balaban J connectivity index is 1.48. The second-order valence-corrected chi connectivity index (χ2v) is 9.67. The maximum Gasteiger partial charge on any atom is 0.251 e. The third-order valence-corrected chi connectivity index (χ3v) is 6.73. The molecule has 4 nitrogen and oxygen atoms in total. The van der Waals surface area contributed by atoms with Crippen molar-refractivity contribution in [1.82, 2.24) is 14.9 Å². The molecule has 0 radical (unpaired) electrons. The fraction of sp³-hybridized carbons (Fsp3) is 0.533. The minimum atomic E-state index is -0.00476. The number of amides is 1. The van der Waals surface area contributed by atoms with Gasteiger partial charge < -0.3 is 9.88 Å². The standard InChI is InChI=1S/C30H43N3O/c1-4-5-6-7-8-9-10-11-12-15-22-33-28-17-14-13-16-27(28)32-29(33)20-21-31-30(34)26-19-18-24(2)23-25(26)3/h13-14,16-19,23H,4-12,15,20-22H2,1-3H3,(H,31,34). The van der Waals surface area contributed by atoms with Gasteiger partial charge in [0.15, 0.2) is 0 Å². The molecule has 184 valence electrons. The molecule has 0 saturated carbocycles. The van der Waals surface area contributed by atoms with E-state index >= 15 is 0 Å². The lowest BCUT2D eigenvalue weighted by molar-refractivity contribution is 0.0953. The molecule has 0 aliphatic heterocycles. The van der Waals surface area contributed by atoms with Gasteiger partial charge in [-0.1, -0.05) is 94.5 Å². The molecule has 0 spiro atoms. The average Bonchev–Trinajstić information content (AvgIpc) is 3.17. The van der Waals surface area contributed by atoms with Gasteiger partial charge in [-0.2, -0.15) is 0 Å². The molecule has 2 aromatic carbocycles. The van der Waals surface area contributed by atoms with Crippen molar-refractivity contribution in [3.05, 3.63) is 65.0 Å². The Morgan fingerprint density at radius 2 is 1.56 bits per heavy atom. The van der Waals surface area contributed by atoms with Crippen LogP contribution >= 0.6 is 0 Å². The van der Waals surface area contributed by atoms with Crippen LogP contribution < -0.4 is 5.32 Å².